The Hall–Kier alpha value is -8.30. The van der Waals surface area contributed by atoms with Gasteiger partial charge in [-0.25, -0.2) is 0 Å². The summed E-state index contributed by atoms with van der Waals surface area (Å²) in [5.74, 6) is 1.10. The number of aromatic nitrogens is 2. The number of fused-ring (bicyclic) bond motifs is 2. The molecule has 0 amide bonds. The van der Waals surface area contributed by atoms with Gasteiger partial charge in [0.1, 0.15) is 33.9 Å². The first kappa shape index (κ1) is 48.0. The molecule has 9 aromatic carbocycles. The van der Waals surface area contributed by atoms with Gasteiger partial charge in [0.15, 0.2) is 0 Å². The Morgan fingerprint density at radius 2 is 0.730 bits per heavy atom. The first-order chi connectivity index (χ1) is 36.6. The van der Waals surface area contributed by atoms with Crippen molar-refractivity contribution < 1.29 is 9.84 Å². The number of phenolic OH excluding ortho intramolecular Hbond substituents is 1. The van der Waals surface area contributed by atoms with Gasteiger partial charge in [0.05, 0.1) is 29.7 Å². The van der Waals surface area contributed by atoms with Crippen molar-refractivity contribution >= 4 is 67.8 Å². The summed E-state index contributed by atoms with van der Waals surface area (Å²) in [6.07, 6.45) is 7.37. The number of hydrogen-bond donors (Lipinski definition) is 1. The molecule has 0 fully saturated rings. The highest BCUT2D eigenvalue weighted by molar-refractivity contribution is 7.58. The quantitative estimate of drug-likeness (QED) is 0.0686. The molecule has 0 bridgehead atoms. The van der Waals surface area contributed by atoms with Crippen molar-refractivity contribution in [3.05, 3.63) is 263 Å². The molecule has 0 saturated heterocycles. The van der Waals surface area contributed by atoms with Gasteiger partial charge in [-0.3, -0.25) is 0 Å². The van der Waals surface area contributed by atoms with Crippen LogP contribution in [-0.2, 0) is 11.4 Å². The summed E-state index contributed by atoms with van der Waals surface area (Å²) in [6.45, 7) is 2.97. The third-order valence-electron chi connectivity index (χ3n) is 13.7. The lowest BCUT2D eigenvalue weighted by molar-refractivity contribution is 0.304. The summed E-state index contributed by atoms with van der Waals surface area (Å²) < 4.78 is 26.2. The maximum absolute atomic E-state index is 10.4. The van der Waals surface area contributed by atoms with Crippen molar-refractivity contribution in [3.63, 3.8) is 0 Å². The molecular weight excluding hydrogens is 945 g/mol. The van der Waals surface area contributed by atoms with Gasteiger partial charge in [-0.15, -0.1) is 0 Å². The summed E-state index contributed by atoms with van der Waals surface area (Å²) >= 11 is 2.42. The van der Waals surface area contributed by atoms with E-state index in [1.807, 2.05) is 24.3 Å². The van der Waals surface area contributed by atoms with E-state index in [9.17, 15) is 5.11 Å². The molecule has 0 unspecified atom stereocenters. The number of nitrogens with zero attached hydrogens (tertiary/aromatic N) is 4. The van der Waals surface area contributed by atoms with Crippen molar-refractivity contribution in [3.8, 4) is 33.8 Å². The third kappa shape index (κ3) is 10.2. The first-order valence-corrected chi connectivity index (χ1v) is 26.9. The average molecular weight is 999 g/mol. The predicted octanol–water partition coefficient (Wildman–Crippen LogP) is 18.2. The summed E-state index contributed by atoms with van der Waals surface area (Å²) in [5.41, 5.74) is 20.0. The van der Waals surface area contributed by atoms with Gasteiger partial charge in [0, 0.05) is 11.1 Å². The molecule has 1 N–H and O–H groups in total. The van der Waals surface area contributed by atoms with Crippen molar-refractivity contribution in [1.82, 2.24) is 8.75 Å². The monoisotopic (exact) mass is 998 g/mol. The molecule has 74 heavy (non-hydrogen) atoms. The van der Waals surface area contributed by atoms with Crippen LogP contribution in [0.25, 0.3) is 55.6 Å². The van der Waals surface area contributed by atoms with E-state index in [0.29, 0.717) is 0 Å². The molecule has 10 aromatic rings. The van der Waals surface area contributed by atoms with Crippen LogP contribution in [0, 0.1) is 0 Å². The number of aromatic hydroxyl groups is 1. The van der Waals surface area contributed by atoms with E-state index in [1.54, 1.807) is 12.1 Å². The average Bonchev–Trinajstić information content (AvgIpc) is 4.16. The minimum atomic E-state index is 0.220. The van der Waals surface area contributed by atoms with Gasteiger partial charge in [-0.1, -0.05) is 233 Å². The van der Waals surface area contributed by atoms with Crippen LogP contribution < -0.4 is 4.74 Å². The molecule has 1 aliphatic heterocycles. The summed E-state index contributed by atoms with van der Waals surface area (Å²) in [5, 5.41) is 10.4. The largest absolute Gasteiger partial charge is 0.508 e. The normalized spacial score (nSPS) is 11.5. The molecule has 6 nitrogen and oxygen atoms in total. The number of hydrogen-bond acceptors (Lipinski definition) is 7. The maximum Gasteiger partial charge on any atom is 0.119 e. The number of phenols is 1. The second-order valence-corrected chi connectivity index (χ2v) is 19.5. The second-order valence-electron chi connectivity index (χ2n) is 18.5. The lowest BCUT2D eigenvalue weighted by Crippen LogP contribution is -1.99. The zero-order valence-corrected chi connectivity index (χ0v) is 42.8. The predicted molar refractivity (Wildman–Crippen MR) is 309 cm³/mol. The standard InChI is InChI=1S/C66H54N4O2S2/c1-2-3-4-5-6-19-44-72-56-42-38-52(39-43-56)60(58(47-24-15-9-16-25-47)48-26-17-10-18-27-48)50-30-34-54(35-31-50)62-65-63(67-73-69-65)61(64-66(62)70-74-68-64)53-32-28-49(29-33-53)59(51-36-40-55(71)41-37-51)57(45-20-11-7-12-21-45)46-22-13-8-14-23-46/h7-18,20-43,71H,2-6,19,44H2,1H3. The topological polar surface area (TPSA) is 80.0 Å². The second kappa shape index (κ2) is 22.6. The lowest BCUT2D eigenvalue weighted by atomic mass is 9.84. The highest BCUT2D eigenvalue weighted by Gasteiger charge is 2.27. The minimum Gasteiger partial charge on any atom is -0.508 e. The zero-order chi connectivity index (χ0) is 50.1. The molecule has 1 aromatic heterocycles. The lowest BCUT2D eigenvalue weighted by Gasteiger charge is -2.19. The fourth-order valence-electron chi connectivity index (χ4n) is 10.1. The first-order valence-electron chi connectivity index (χ1n) is 25.5. The molecule has 0 aliphatic carbocycles. The van der Waals surface area contributed by atoms with Gasteiger partial charge >= 0.3 is 0 Å². The number of ether oxygens (including phenoxy) is 1. The summed E-state index contributed by atoms with van der Waals surface area (Å²) in [7, 11) is 0. The van der Waals surface area contributed by atoms with Crippen LogP contribution in [0.4, 0.5) is 11.4 Å². The van der Waals surface area contributed by atoms with E-state index in [2.05, 4.69) is 189 Å². The van der Waals surface area contributed by atoms with Crippen LogP contribution in [0.5, 0.6) is 11.5 Å². The van der Waals surface area contributed by atoms with E-state index in [4.69, 9.17) is 22.2 Å². The fourth-order valence-corrected chi connectivity index (χ4v) is 11.2. The molecule has 362 valence electrons. The molecule has 1 aliphatic rings. The molecule has 11 rings (SSSR count). The Labute approximate surface area is 441 Å². The van der Waals surface area contributed by atoms with Gasteiger partial charge in [-0.05, 0) is 109 Å². The number of unbranched alkanes of at least 4 members (excludes halogenated alkanes) is 5. The smallest absolute Gasteiger partial charge is 0.119 e. The Bertz CT molecular complexity index is 3580. The molecule has 0 radical (unpaired) electrons. The van der Waals surface area contributed by atoms with Crippen molar-refractivity contribution in [2.75, 3.05) is 6.61 Å². The Morgan fingerprint density at radius 1 is 0.392 bits per heavy atom. The SMILES string of the molecule is CCCCCCCCOc1ccc(C(=C(c2ccccc2)c2ccccc2)c2ccc(-c3c4c(c(-c5ccc(C(=C(c6ccccc6)c6ccccc6)c6ccc(O)cc6)cc5)c5nsnc35)N=S=N4)cc2)cc1. The number of benzene rings is 9. The maximum atomic E-state index is 10.4. The van der Waals surface area contributed by atoms with E-state index in [-0.39, 0.29) is 5.75 Å². The molecule has 0 spiro atoms. The highest BCUT2D eigenvalue weighted by Crippen LogP contribution is 2.52. The van der Waals surface area contributed by atoms with Crippen molar-refractivity contribution in [1.29, 1.82) is 0 Å². The van der Waals surface area contributed by atoms with E-state index in [0.717, 1.165) is 130 Å². The minimum absolute atomic E-state index is 0.220. The van der Waals surface area contributed by atoms with Crippen molar-refractivity contribution in [2.24, 2.45) is 8.73 Å². The molecule has 2 heterocycles. The van der Waals surface area contributed by atoms with E-state index in [1.165, 1.54) is 55.2 Å². The molecule has 0 saturated carbocycles. The molecular formula is C66H54N4O2S2. The van der Waals surface area contributed by atoms with Crippen molar-refractivity contribution in [2.45, 2.75) is 45.4 Å². The van der Waals surface area contributed by atoms with Gasteiger partial charge in [0.25, 0.3) is 0 Å². The molecule has 0 atom stereocenters. The van der Waals surface area contributed by atoms with Gasteiger partial charge in [0.2, 0.25) is 0 Å². The van der Waals surface area contributed by atoms with Gasteiger partial charge < -0.3 is 9.84 Å². The zero-order valence-electron chi connectivity index (χ0n) is 41.2. The van der Waals surface area contributed by atoms with Gasteiger partial charge in [-0.2, -0.15) is 17.5 Å². The summed E-state index contributed by atoms with van der Waals surface area (Å²) in [6, 6.07) is 75.9. The Balaban J connectivity index is 0.982. The third-order valence-corrected chi connectivity index (χ3v) is 14.7. The summed E-state index contributed by atoms with van der Waals surface area (Å²) in [4.78, 5) is 0. The van der Waals surface area contributed by atoms with Crippen LogP contribution in [0.1, 0.15) is 90.0 Å². The Morgan fingerprint density at radius 3 is 1.12 bits per heavy atom. The Kier molecular flexibility index (Phi) is 14.7. The van der Waals surface area contributed by atoms with E-state index < -0.39 is 0 Å². The highest BCUT2D eigenvalue weighted by atomic mass is 32.1. The van der Waals surface area contributed by atoms with Crippen LogP contribution in [-0.4, -0.2) is 20.5 Å². The fraction of sp³-hybridized carbons (Fsp3) is 0.121. The van der Waals surface area contributed by atoms with Crippen LogP contribution >= 0.6 is 11.7 Å². The molecule has 8 heteroatoms. The van der Waals surface area contributed by atoms with Crippen LogP contribution in [0.15, 0.2) is 227 Å². The van der Waals surface area contributed by atoms with Crippen LogP contribution in [0.2, 0.25) is 0 Å². The van der Waals surface area contributed by atoms with Crippen LogP contribution in [0.3, 0.4) is 0 Å². The number of rotatable bonds is 18. The van der Waals surface area contributed by atoms with E-state index >= 15 is 0 Å².